The van der Waals surface area contributed by atoms with E-state index in [0.717, 1.165) is 0 Å². The van der Waals surface area contributed by atoms with Crippen molar-refractivity contribution < 1.29 is 28.5 Å². The van der Waals surface area contributed by atoms with Crippen molar-refractivity contribution >= 4 is 17.6 Å². The second-order valence-electron chi connectivity index (χ2n) is 5.32. The van der Waals surface area contributed by atoms with E-state index in [1.807, 2.05) is 6.07 Å². The molecule has 1 N–H and O–H groups in total. The zero-order valence-corrected chi connectivity index (χ0v) is 15.1. The van der Waals surface area contributed by atoms with Crippen molar-refractivity contribution in [2.24, 2.45) is 0 Å². The molecule has 0 saturated heterocycles. The van der Waals surface area contributed by atoms with Gasteiger partial charge in [-0.25, -0.2) is 4.79 Å². The molecule has 0 aromatic heterocycles. The summed E-state index contributed by atoms with van der Waals surface area (Å²) in [5.74, 6) is -0.112. The van der Waals surface area contributed by atoms with Crippen LogP contribution in [-0.2, 0) is 9.53 Å². The molecule has 1 amide bonds. The fourth-order valence-corrected chi connectivity index (χ4v) is 2.25. The monoisotopic (exact) mass is 359 g/mol. The van der Waals surface area contributed by atoms with E-state index in [4.69, 9.17) is 18.9 Å². The van der Waals surface area contributed by atoms with E-state index in [1.165, 1.54) is 40.4 Å². The molecule has 7 nitrogen and oxygen atoms in total. The average molecular weight is 359 g/mol. The first-order valence-electron chi connectivity index (χ1n) is 7.87. The van der Waals surface area contributed by atoms with Crippen LogP contribution in [0.5, 0.6) is 17.2 Å². The van der Waals surface area contributed by atoms with E-state index >= 15 is 0 Å². The highest BCUT2D eigenvalue weighted by molar-refractivity contribution is 5.97. The number of benzene rings is 2. The zero-order valence-electron chi connectivity index (χ0n) is 15.1. The fourth-order valence-electron chi connectivity index (χ4n) is 2.25. The number of methoxy groups -OCH3 is 3. The molecule has 0 bridgehead atoms. The number of hydrogen-bond donors (Lipinski definition) is 1. The summed E-state index contributed by atoms with van der Waals surface area (Å²) < 4.78 is 20.9. The van der Waals surface area contributed by atoms with Crippen molar-refractivity contribution in [1.29, 1.82) is 0 Å². The lowest BCUT2D eigenvalue weighted by Crippen LogP contribution is -2.30. The highest BCUT2D eigenvalue weighted by atomic mass is 16.5. The third kappa shape index (κ3) is 4.44. The van der Waals surface area contributed by atoms with Crippen LogP contribution in [0.25, 0.3) is 0 Å². The minimum absolute atomic E-state index is 0.180. The summed E-state index contributed by atoms with van der Waals surface area (Å²) in [6, 6.07) is 11.8. The van der Waals surface area contributed by atoms with Gasteiger partial charge in [-0.3, -0.25) is 4.79 Å². The van der Waals surface area contributed by atoms with Crippen LogP contribution in [0, 0.1) is 0 Å². The molecule has 0 fully saturated rings. The van der Waals surface area contributed by atoms with Crippen molar-refractivity contribution in [3.05, 3.63) is 48.0 Å². The Balaban J connectivity index is 2.12. The Hall–Kier alpha value is -3.22. The zero-order chi connectivity index (χ0) is 19.1. The molecule has 0 aliphatic rings. The van der Waals surface area contributed by atoms with Gasteiger partial charge in [-0.1, -0.05) is 18.2 Å². The number of hydrogen-bond acceptors (Lipinski definition) is 6. The van der Waals surface area contributed by atoms with E-state index in [0.29, 0.717) is 22.9 Å². The number of amides is 1. The molecular weight excluding hydrogens is 338 g/mol. The number of ether oxygens (including phenoxy) is 4. The SMILES string of the molecule is COc1cc(C(=O)O[C@H](C)C(=O)Nc2ccccc2)cc(OC)c1OC. The maximum atomic E-state index is 12.4. The maximum Gasteiger partial charge on any atom is 0.339 e. The third-order valence-corrected chi connectivity index (χ3v) is 3.59. The van der Waals surface area contributed by atoms with Gasteiger partial charge < -0.3 is 24.3 Å². The first-order chi connectivity index (χ1) is 12.5. The standard InChI is InChI=1S/C19H21NO6/c1-12(18(21)20-14-8-6-5-7-9-14)26-19(22)13-10-15(23-2)17(25-4)16(11-13)24-3/h5-12H,1-4H3,(H,20,21)/t12-/m1/s1. The van der Waals surface area contributed by atoms with E-state index in [1.54, 1.807) is 24.3 Å². The molecule has 0 spiro atoms. The molecular formula is C19H21NO6. The van der Waals surface area contributed by atoms with Crippen molar-refractivity contribution in [2.75, 3.05) is 26.6 Å². The summed E-state index contributed by atoms with van der Waals surface area (Å²) in [7, 11) is 4.36. The fraction of sp³-hybridized carbons (Fsp3) is 0.263. The minimum Gasteiger partial charge on any atom is -0.493 e. The van der Waals surface area contributed by atoms with Gasteiger partial charge in [-0.05, 0) is 31.2 Å². The van der Waals surface area contributed by atoms with E-state index in [9.17, 15) is 9.59 Å². The van der Waals surface area contributed by atoms with Crippen molar-refractivity contribution in [3.63, 3.8) is 0 Å². The van der Waals surface area contributed by atoms with E-state index in [2.05, 4.69) is 5.32 Å². The molecule has 0 radical (unpaired) electrons. The Bertz CT molecular complexity index is 750. The van der Waals surface area contributed by atoms with E-state index in [-0.39, 0.29) is 5.56 Å². The van der Waals surface area contributed by atoms with Crippen LogP contribution >= 0.6 is 0 Å². The smallest absolute Gasteiger partial charge is 0.339 e. The van der Waals surface area contributed by atoms with Gasteiger partial charge in [0, 0.05) is 5.69 Å². The van der Waals surface area contributed by atoms with Crippen molar-refractivity contribution in [3.8, 4) is 17.2 Å². The summed E-state index contributed by atoms with van der Waals surface area (Å²) >= 11 is 0. The number of esters is 1. The van der Waals surface area contributed by atoms with Crippen molar-refractivity contribution in [2.45, 2.75) is 13.0 Å². The lowest BCUT2D eigenvalue weighted by molar-refractivity contribution is -0.123. The first-order valence-corrected chi connectivity index (χ1v) is 7.87. The minimum atomic E-state index is -0.984. The highest BCUT2D eigenvalue weighted by Gasteiger charge is 2.22. The molecule has 0 aliphatic carbocycles. The summed E-state index contributed by atoms with van der Waals surface area (Å²) in [5, 5.41) is 2.68. The average Bonchev–Trinajstić information content (AvgIpc) is 2.67. The normalized spacial score (nSPS) is 11.2. The number of nitrogens with one attached hydrogen (secondary N) is 1. The Labute approximate surface area is 151 Å². The molecule has 0 heterocycles. The molecule has 26 heavy (non-hydrogen) atoms. The van der Waals surface area contributed by atoms with Gasteiger partial charge in [0.15, 0.2) is 17.6 Å². The van der Waals surface area contributed by atoms with Crippen LogP contribution in [0.1, 0.15) is 17.3 Å². The molecule has 2 rings (SSSR count). The number of rotatable bonds is 7. The van der Waals surface area contributed by atoms with Gasteiger partial charge in [-0.2, -0.15) is 0 Å². The number of anilines is 1. The Morgan fingerprint density at radius 2 is 1.50 bits per heavy atom. The summed E-state index contributed by atoms with van der Waals surface area (Å²) in [4.78, 5) is 24.6. The van der Waals surface area contributed by atoms with E-state index < -0.39 is 18.0 Å². The van der Waals surface area contributed by atoms with Gasteiger partial charge >= 0.3 is 5.97 Å². The van der Waals surface area contributed by atoms with Crippen LogP contribution in [0.2, 0.25) is 0 Å². The Morgan fingerprint density at radius 3 is 2.00 bits per heavy atom. The molecule has 2 aromatic rings. The summed E-state index contributed by atoms with van der Waals surface area (Å²) in [5.41, 5.74) is 0.798. The third-order valence-electron chi connectivity index (χ3n) is 3.59. The first kappa shape index (κ1) is 19.1. The Morgan fingerprint density at radius 1 is 0.923 bits per heavy atom. The van der Waals surface area contributed by atoms with Gasteiger partial charge in [-0.15, -0.1) is 0 Å². The largest absolute Gasteiger partial charge is 0.493 e. The second-order valence-corrected chi connectivity index (χ2v) is 5.32. The predicted molar refractivity (Wildman–Crippen MR) is 96.0 cm³/mol. The van der Waals surface area contributed by atoms with Gasteiger partial charge in [0.1, 0.15) is 0 Å². The summed E-state index contributed by atoms with van der Waals surface area (Å²) in [6.07, 6.45) is -0.984. The quantitative estimate of drug-likeness (QED) is 0.766. The van der Waals surface area contributed by atoms with Gasteiger partial charge in [0.25, 0.3) is 5.91 Å². The topological polar surface area (TPSA) is 83.1 Å². The van der Waals surface area contributed by atoms with Gasteiger partial charge in [0.05, 0.1) is 26.9 Å². The predicted octanol–water partition coefficient (Wildman–Crippen LogP) is 2.90. The number of carbonyl (C=O) groups is 2. The molecule has 138 valence electrons. The van der Waals surface area contributed by atoms with Crippen LogP contribution in [-0.4, -0.2) is 39.3 Å². The molecule has 0 saturated carbocycles. The van der Waals surface area contributed by atoms with Gasteiger partial charge in [0.2, 0.25) is 5.75 Å². The molecule has 0 unspecified atom stereocenters. The lowest BCUT2D eigenvalue weighted by atomic mass is 10.2. The molecule has 0 aliphatic heterocycles. The number of para-hydroxylation sites is 1. The van der Waals surface area contributed by atoms with Crippen molar-refractivity contribution in [1.82, 2.24) is 0 Å². The summed E-state index contributed by atoms with van der Waals surface area (Å²) in [6.45, 7) is 1.49. The maximum absolute atomic E-state index is 12.4. The molecule has 1 atom stereocenters. The Kier molecular flexibility index (Phi) is 6.43. The second kappa shape index (κ2) is 8.75. The molecule has 2 aromatic carbocycles. The molecule has 7 heteroatoms. The number of carbonyl (C=O) groups excluding carboxylic acids is 2. The lowest BCUT2D eigenvalue weighted by Gasteiger charge is -2.16. The van der Waals surface area contributed by atoms with Crippen LogP contribution < -0.4 is 19.5 Å². The van der Waals surface area contributed by atoms with Crippen LogP contribution in [0.3, 0.4) is 0 Å². The van der Waals surface area contributed by atoms with Crippen LogP contribution in [0.4, 0.5) is 5.69 Å². The highest BCUT2D eigenvalue weighted by Crippen LogP contribution is 2.38. The van der Waals surface area contributed by atoms with Crippen LogP contribution in [0.15, 0.2) is 42.5 Å².